The Morgan fingerprint density at radius 3 is 2.76 bits per heavy atom. The molecule has 0 bridgehead atoms. The van der Waals surface area contributed by atoms with Gasteiger partial charge >= 0.3 is 0 Å². The molecule has 0 spiro atoms. The average Bonchev–Trinajstić information content (AvgIpc) is 2.89. The van der Waals surface area contributed by atoms with Gasteiger partial charge in [0, 0.05) is 32.4 Å². The Hall–Kier alpha value is -2.77. The minimum Gasteiger partial charge on any atom is -0.483 e. The van der Waals surface area contributed by atoms with Crippen molar-refractivity contribution < 1.29 is 14.3 Å². The second kappa shape index (κ2) is 9.15. The number of nitrogens with zero attached hydrogens (tertiary/aromatic N) is 3. The minimum atomic E-state index is -0.278. The molecule has 7 heteroatoms. The van der Waals surface area contributed by atoms with Crippen LogP contribution in [-0.4, -0.2) is 65.9 Å². The fraction of sp³-hybridized carbons (Fsp3) is 0.409. The van der Waals surface area contributed by atoms with Crippen molar-refractivity contribution in [3.05, 3.63) is 59.9 Å². The maximum Gasteiger partial charge on any atom is 0.267 e. The van der Waals surface area contributed by atoms with Crippen molar-refractivity contribution in [1.82, 2.24) is 20.1 Å². The normalized spacial score (nSPS) is 20.1. The number of pyridine rings is 1. The molecule has 2 aliphatic heterocycles. The van der Waals surface area contributed by atoms with Crippen LogP contribution in [0.1, 0.15) is 34.9 Å². The maximum absolute atomic E-state index is 12.8. The lowest BCUT2D eigenvalue weighted by atomic mass is 10.1. The quantitative estimate of drug-likeness (QED) is 0.596. The second-order valence-electron chi connectivity index (χ2n) is 7.35. The van der Waals surface area contributed by atoms with E-state index in [1.165, 1.54) is 4.90 Å². The van der Waals surface area contributed by atoms with Gasteiger partial charge in [0.15, 0.2) is 6.61 Å². The second-order valence-corrected chi connectivity index (χ2v) is 7.35. The molecular weight excluding hydrogens is 368 g/mol. The molecule has 2 aliphatic rings. The highest BCUT2D eigenvalue weighted by Gasteiger charge is 2.29. The zero-order valence-corrected chi connectivity index (χ0v) is 16.4. The van der Waals surface area contributed by atoms with Crippen LogP contribution in [0.25, 0.3) is 0 Å². The number of aromatic nitrogens is 1. The summed E-state index contributed by atoms with van der Waals surface area (Å²) in [6.45, 7) is 4.03. The smallest absolute Gasteiger partial charge is 0.267 e. The van der Waals surface area contributed by atoms with Crippen molar-refractivity contribution in [3.63, 3.8) is 0 Å². The van der Waals surface area contributed by atoms with Crippen molar-refractivity contribution >= 4 is 11.8 Å². The van der Waals surface area contributed by atoms with E-state index in [0.717, 1.165) is 44.7 Å². The number of benzene rings is 1. The van der Waals surface area contributed by atoms with Gasteiger partial charge in [-0.1, -0.05) is 18.2 Å². The lowest BCUT2D eigenvalue weighted by Gasteiger charge is -2.36. The highest BCUT2D eigenvalue weighted by atomic mass is 16.5. The summed E-state index contributed by atoms with van der Waals surface area (Å²) in [5.74, 6) is -0.0660. The van der Waals surface area contributed by atoms with Gasteiger partial charge in [0.1, 0.15) is 5.75 Å². The average molecular weight is 394 g/mol. The van der Waals surface area contributed by atoms with Crippen LogP contribution in [0.5, 0.6) is 5.75 Å². The molecule has 1 N–H and O–H groups in total. The molecule has 0 saturated carbocycles. The first-order valence-electron chi connectivity index (χ1n) is 10.2. The predicted molar refractivity (Wildman–Crippen MR) is 109 cm³/mol. The van der Waals surface area contributed by atoms with E-state index in [0.29, 0.717) is 17.9 Å². The SMILES string of the molecule is O=C1COc2ccccc2C(=O)N1CCCCN1CCNCC1c1ccccn1. The molecule has 1 aromatic carbocycles. The molecule has 1 fully saturated rings. The van der Waals surface area contributed by atoms with E-state index in [1.54, 1.807) is 24.3 Å². The highest BCUT2D eigenvalue weighted by molar-refractivity contribution is 6.07. The van der Waals surface area contributed by atoms with Crippen molar-refractivity contribution in [2.45, 2.75) is 18.9 Å². The van der Waals surface area contributed by atoms with Crippen LogP contribution in [0.2, 0.25) is 0 Å². The van der Waals surface area contributed by atoms with Gasteiger partial charge in [-0.15, -0.1) is 0 Å². The largest absolute Gasteiger partial charge is 0.483 e. The number of imide groups is 1. The van der Waals surface area contributed by atoms with E-state index in [2.05, 4.69) is 21.3 Å². The Balaban J connectivity index is 1.33. The van der Waals surface area contributed by atoms with Gasteiger partial charge in [0.2, 0.25) is 0 Å². The Bertz CT molecular complexity index is 858. The third kappa shape index (κ3) is 4.46. The van der Waals surface area contributed by atoms with Crippen LogP contribution in [-0.2, 0) is 4.79 Å². The third-order valence-corrected chi connectivity index (χ3v) is 5.48. The summed E-state index contributed by atoms with van der Waals surface area (Å²) < 4.78 is 5.49. The molecule has 0 aliphatic carbocycles. The first-order chi connectivity index (χ1) is 14.2. The molecule has 152 valence electrons. The van der Waals surface area contributed by atoms with Gasteiger partial charge in [-0.3, -0.25) is 24.4 Å². The van der Waals surface area contributed by atoms with Crippen LogP contribution in [0.15, 0.2) is 48.7 Å². The summed E-state index contributed by atoms with van der Waals surface area (Å²) in [6, 6.07) is 13.3. The number of nitrogens with one attached hydrogen (secondary N) is 1. The Kier molecular flexibility index (Phi) is 6.17. The number of amides is 2. The van der Waals surface area contributed by atoms with Crippen LogP contribution in [0, 0.1) is 0 Å². The number of unbranched alkanes of at least 4 members (excludes halogenated alkanes) is 1. The number of ether oxygens (including phenoxy) is 1. The van der Waals surface area contributed by atoms with Gasteiger partial charge < -0.3 is 10.1 Å². The molecule has 2 amide bonds. The van der Waals surface area contributed by atoms with E-state index in [-0.39, 0.29) is 24.5 Å². The first kappa shape index (κ1) is 19.5. The predicted octanol–water partition coefficient (Wildman–Crippen LogP) is 1.87. The van der Waals surface area contributed by atoms with E-state index < -0.39 is 0 Å². The van der Waals surface area contributed by atoms with Gasteiger partial charge in [0.05, 0.1) is 17.3 Å². The summed E-state index contributed by atoms with van der Waals surface area (Å²) >= 11 is 0. The molecule has 1 atom stereocenters. The molecule has 2 aromatic rings. The molecule has 29 heavy (non-hydrogen) atoms. The lowest BCUT2D eigenvalue weighted by molar-refractivity contribution is -0.130. The fourth-order valence-corrected chi connectivity index (χ4v) is 3.94. The lowest BCUT2D eigenvalue weighted by Crippen LogP contribution is -2.46. The number of hydrogen-bond acceptors (Lipinski definition) is 6. The summed E-state index contributed by atoms with van der Waals surface area (Å²) in [6.07, 6.45) is 3.50. The third-order valence-electron chi connectivity index (χ3n) is 5.48. The highest BCUT2D eigenvalue weighted by Crippen LogP contribution is 2.24. The molecule has 7 nitrogen and oxygen atoms in total. The van der Waals surface area contributed by atoms with Gasteiger partial charge in [0.25, 0.3) is 11.8 Å². The van der Waals surface area contributed by atoms with Crippen molar-refractivity contribution in [3.8, 4) is 5.75 Å². The van der Waals surface area contributed by atoms with Gasteiger partial charge in [-0.25, -0.2) is 0 Å². The van der Waals surface area contributed by atoms with Crippen LogP contribution >= 0.6 is 0 Å². The van der Waals surface area contributed by atoms with Crippen LogP contribution < -0.4 is 10.1 Å². The number of carbonyl (C=O) groups excluding carboxylic acids is 2. The summed E-state index contributed by atoms with van der Waals surface area (Å²) in [7, 11) is 0. The number of fused-ring (bicyclic) bond motifs is 1. The molecule has 1 saturated heterocycles. The fourth-order valence-electron chi connectivity index (χ4n) is 3.94. The number of piperazine rings is 1. The zero-order valence-electron chi connectivity index (χ0n) is 16.4. The Morgan fingerprint density at radius 1 is 1.07 bits per heavy atom. The number of carbonyl (C=O) groups is 2. The number of para-hydroxylation sites is 1. The summed E-state index contributed by atoms with van der Waals surface area (Å²) in [5.41, 5.74) is 1.53. The number of rotatable bonds is 6. The van der Waals surface area contributed by atoms with E-state index in [1.807, 2.05) is 18.3 Å². The summed E-state index contributed by atoms with van der Waals surface area (Å²) in [5, 5.41) is 3.44. The van der Waals surface area contributed by atoms with Crippen molar-refractivity contribution in [1.29, 1.82) is 0 Å². The molecule has 3 heterocycles. The van der Waals surface area contributed by atoms with E-state index in [9.17, 15) is 9.59 Å². The monoisotopic (exact) mass is 394 g/mol. The Labute approximate surface area is 170 Å². The van der Waals surface area contributed by atoms with Gasteiger partial charge in [-0.2, -0.15) is 0 Å². The van der Waals surface area contributed by atoms with Crippen molar-refractivity contribution in [2.24, 2.45) is 0 Å². The van der Waals surface area contributed by atoms with E-state index >= 15 is 0 Å². The summed E-state index contributed by atoms with van der Waals surface area (Å²) in [4.78, 5) is 33.4. The Morgan fingerprint density at radius 2 is 1.90 bits per heavy atom. The zero-order chi connectivity index (χ0) is 20.1. The first-order valence-corrected chi connectivity index (χ1v) is 10.2. The topological polar surface area (TPSA) is 74.8 Å². The molecule has 4 rings (SSSR count). The van der Waals surface area contributed by atoms with Gasteiger partial charge in [-0.05, 0) is 43.7 Å². The van der Waals surface area contributed by atoms with E-state index in [4.69, 9.17) is 4.74 Å². The molecule has 0 radical (unpaired) electrons. The van der Waals surface area contributed by atoms with Crippen molar-refractivity contribution in [2.75, 3.05) is 39.3 Å². The molecule has 1 aromatic heterocycles. The molecular formula is C22H26N4O3. The minimum absolute atomic E-state index is 0.0949. The van der Waals surface area contributed by atoms with Crippen LogP contribution in [0.4, 0.5) is 0 Å². The number of hydrogen-bond donors (Lipinski definition) is 1. The molecule has 1 unspecified atom stereocenters. The standard InChI is InChI=1S/C22H26N4O3/c27-21-16-29-20-9-2-1-7-17(20)22(28)26(21)13-6-5-12-25-14-11-23-15-19(25)18-8-3-4-10-24-18/h1-4,7-10,19,23H,5-6,11-16H2. The van der Waals surface area contributed by atoms with Crippen LogP contribution in [0.3, 0.4) is 0 Å². The maximum atomic E-state index is 12.8.